The first-order valence-corrected chi connectivity index (χ1v) is 24.0. The first-order valence-electron chi connectivity index (χ1n) is 24.0. The Balaban J connectivity index is 1.78. The van der Waals surface area contributed by atoms with Gasteiger partial charge in [-0.1, -0.05) is 125 Å². The SMILES string of the molecule is CC/C=C\C/C=C\C/C=C\C/C=C\C/C=C\CCCCCCOCC(COC1OC(COC2OC(CO)C(O)C(O)C2O)C(O)C(O)C1O)OC(=O)CCCCCCC/C=C\CCC. The molecule has 0 aromatic rings. The summed E-state index contributed by atoms with van der Waals surface area (Å²) in [6.07, 6.45) is 28.4. The van der Waals surface area contributed by atoms with Crippen molar-refractivity contribution in [3.05, 3.63) is 72.9 Å². The molecule has 2 heterocycles. The van der Waals surface area contributed by atoms with Gasteiger partial charge in [0.15, 0.2) is 12.6 Å². The minimum atomic E-state index is -1.72. The molecule has 368 valence electrons. The number of esters is 1. The number of hydrogen-bond acceptors (Lipinski definition) is 14. The second-order valence-electron chi connectivity index (χ2n) is 16.5. The van der Waals surface area contributed by atoms with Gasteiger partial charge < -0.3 is 64.2 Å². The fraction of sp³-hybridized carbons (Fsp3) is 0.740. The van der Waals surface area contributed by atoms with E-state index < -0.39 is 86.7 Å². The molecule has 0 aromatic heterocycles. The van der Waals surface area contributed by atoms with Crippen LogP contribution in [0.1, 0.15) is 136 Å². The number of unbranched alkanes of at least 4 members (excludes halogenated alkanes) is 10. The van der Waals surface area contributed by atoms with Crippen molar-refractivity contribution in [2.75, 3.05) is 33.0 Å². The first-order chi connectivity index (χ1) is 31.1. The number of aliphatic hydroxyl groups excluding tert-OH is 7. The third kappa shape index (κ3) is 25.4. The fourth-order valence-corrected chi connectivity index (χ4v) is 7.02. The molecule has 0 amide bonds. The van der Waals surface area contributed by atoms with Gasteiger partial charge in [-0.25, -0.2) is 0 Å². The number of aliphatic hydroxyl groups is 7. The van der Waals surface area contributed by atoms with E-state index in [0.29, 0.717) is 13.0 Å². The maximum absolute atomic E-state index is 12.9. The van der Waals surface area contributed by atoms with Crippen LogP contribution in [0.2, 0.25) is 0 Å². The standard InChI is InChI=1S/C50H84O14/c1-3-5-7-9-11-13-15-16-17-18-19-20-21-22-23-24-26-28-30-32-34-59-36-39(62-42(52)33-31-29-27-25-14-12-10-8-6-4-2)37-60-49-48(58)46(56)44(54)41(64-49)38-61-50-47(57)45(55)43(53)40(35-51)63-50/h5,7-8,10-11,13,16-17,19-20,22-23,39-41,43-51,53-58H,3-4,6,9,12,14-15,18,21,24-38H2,1-2H3/b7-5-,10-8-,13-11-,17-16-,20-19-,23-22-. The van der Waals surface area contributed by atoms with Gasteiger partial charge in [-0.2, -0.15) is 0 Å². The van der Waals surface area contributed by atoms with E-state index in [1.54, 1.807) is 0 Å². The monoisotopic (exact) mass is 909 g/mol. The smallest absolute Gasteiger partial charge is 0.306 e. The summed E-state index contributed by atoms with van der Waals surface area (Å²) >= 11 is 0. The van der Waals surface area contributed by atoms with Crippen LogP contribution in [-0.2, 0) is 33.2 Å². The molecule has 2 saturated heterocycles. The highest BCUT2D eigenvalue weighted by Gasteiger charge is 2.47. The molecule has 0 bridgehead atoms. The van der Waals surface area contributed by atoms with E-state index in [-0.39, 0.29) is 19.6 Å². The Morgan fingerprint density at radius 2 is 1.02 bits per heavy atom. The predicted octanol–water partition coefficient (Wildman–Crippen LogP) is 6.34. The second kappa shape index (κ2) is 37.5. The summed E-state index contributed by atoms with van der Waals surface area (Å²) in [6.45, 7) is 3.40. The third-order valence-corrected chi connectivity index (χ3v) is 10.9. The number of carbonyl (C=O) groups excluding carboxylic acids is 1. The van der Waals surface area contributed by atoms with Crippen molar-refractivity contribution >= 4 is 5.97 Å². The van der Waals surface area contributed by atoms with Gasteiger partial charge in [0, 0.05) is 13.0 Å². The summed E-state index contributed by atoms with van der Waals surface area (Å²) in [4.78, 5) is 12.9. The van der Waals surface area contributed by atoms with E-state index in [0.717, 1.165) is 109 Å². The van der Waals surface area contributed by atoms with Crippen LogP contribution in [0.15, 0.2) is 72.9 Å². The zero-order valence-corrected chi connectivity index (χ0v) is 38.7. The normalized spacial score (nSPS) is 27.4. The highest BCUT2D eigenvalue weighted by Crippen LogP contribution is 2.26. The zero-order chi connectivity index (χ0) is 46.6. The molecule has 2 fully saturated rings. The van der Waals surface area contributed by atoms with Gasteiger partial charge in [-0.15, -0.1) is 0 Å². The number of allylic oxidation sites excluding steroid dienone is 12. The molecule has 11 unspecified atom stereocenters. The molecule has 64 heavy (non-hydrogen) atoms. The van der Waals surface area contributed by atoms with Crippen molar-refractivity contribution < 1.29 is 69.0 Å². The average molecular weight is 909 g/mol. The highest BCUT2D eigenvalue weighted by molar-refractivity contribution is 5.69. The summed E-state index contributed by atoms with van der Waals surface area (Å²) < 4.78 is 34.1. The zero-order valence-electron chi connectivity index (χ0n) is 38.7. The van der Waals surface area contributed by atoms with Gasteiger partial charge >= 0.3 is 5.97 Å². The summed E-state index contributed by atoms with van der Waals surface area (Å²) in [5, 5.41) is 71.9. The lowest BCUT2D eigenvalue weighted by molar-refractivity contribution is -0.332. The lowest BCUT2D eigenvalue weighted by Gasteiger charge is -2.42. The molecular weight excluding hydrogens is 825 g/mol. The van der Waals surface area contributed by atoms with Crippen molar-refractivity contribution in [2.45, 2.75) is 203 Å². The van der Waals surface area contributed by atoms with E-state index >= 15 is 0 Å². The first kappa shape index (κ1) is 57.6. The molecule has 2 aliphatic heterocycles. The Labute approximate surface area is 383 Å². The summed E-state index contributed by atoms with van der Waals surface area (Å²) in [7, 11) is 0. The molecule has 0 aliphatic carbocycles. The Bertz CT molecular complexity index is 1330. The molecule has 7 N–H and O–H groups in total. The third-order valence-electron chi connectivity index (χ3n) is 10.9. The van der Waals surface area contributed by atoms with E-state index in [1.165, 1.54) is 0 Å². The Hall–Kier alpha value is -2.57. The number of rotatable bonds is 36. The summed E-state index contributed by atoms with van der Waals surface area (Å²) in [5.41, 5.74) is 0. The van der Waals surface area contributed by atoms with Gasteiger partial charge in [0.25, 0.3) is 0 Å². The van der Waals surface area contributed by atoms with Gasteiger partial charge in [0.05, 0.1) is 26.4 Å². The molecule has 0 aromatic carbocycles. The Morgan fingerprint density at radius 1 is 0.531 bits per heavy atom. The Kier molecular flexibility index (Phi) is 33.7. The molecule has 0 spiro atoms. The highest BCUT2D eigenvalue weighted by atomic mass is 16.7. The van der Waals surface area contributed by atoms with E-state index in [9.17, 15) is 40.5 Å². The lowest BCUT2D eigenvalue weighted by atomic mass is 9.98. The maximum atomic E-state index is 12.9. The van der Waals surface area contributed by atoms with Crippen LogP contribution in [0.3, 0.4) is 0 Å². The van der Waals surface area contributed by atoms with E-state index in [1.807, 2.05) is 0 Å². The molecule has 2 rings (SSSR count). The van der Waals surface area contributed by atoms with E-state index in [4.69, 9.17) is 28.4 Å². The quantitative estimate of drug-likeness (QED) is 0.0208. The van der Waals surface area contributed by atoms with Gasteiger partial charge in [-0.3, -0.25) is 4.79 Å². The lowest BCUT2D eigenvalue weighted by Crippen LogP contribution is -2.61. The molecule has 0 saturated carbocycles. The fourth-order valence-electron chi connectivity index (χ4n) is 7.02. The van der Waals surface area contributed by atoms with Crippen molar-refractivity contribution in [3.63, 3.8) is 0 Å². The minimum Gasteiger partial charge on any atom is -0.457 e. The predicted molar refractivity (Wildman–Crippen MR) is 247 cm³/mol. The number of ether oxygens (including phenoxy) is 6. The van der Waals surface area contributed by atoms with Crippen LogP contribution in [0.25, 0.3) is 0 Å². The van der Waals surface area contributed by atoms with E-state index in [2.05, 4.69) is 86.8 Å². The van der Waals surface area contributed by atoms with Crippen LogP contribution in [0.5, 0.6) is 0 Å². The van der Waals surface area contributed by atoms with Crippen LogP contribution in [0, 0.1) is 0 Å². The van der Waals surface area contributed by atoms with Crippen molar-refractivity contribution in [1.29, 1.82) is 0 Å². The molecule has 14 nitrogen and oxygen atoms in total. The van der Waals surface area contributed by atoms with Crippen LogP contribution >= 0.6 is 0 Å². The minimum absolute atomic E-state index is 0.0367. The van der Waals surface area contributed by atoms with Gasteiger partial charge in [0.2, 0.25) is 0 Å². The number of carbonyl (C=O) groups is 1. The van der Waals surface area contributed by atoms with Crippen molar-refractivity contribution in [2.24, 2.45) is 0 Å². The van der Waals surface area contributed by atoms with Crippen molar-refractivity contribution in [3.8, 4) is 0 Å². The van der Waals surface area contributed by atoms with Crippen molar-refractivity contribution in [1.82, 2.24) is 0 Å². The average Bonchev–Trinajstić information content (AvgIpc) is 3.29. The second-order valence-corrected chi connectivity index (χ2v) is 16.5. The van der Waals surface area contributed by atoms with Crippen LogP contribution in [0.4, 0.5) is 0 Å². The molecule has 0 radical (unpaired) electrons. The topological polar surface area (TPSA) is 214 Å². The van der Waals surface area contributed by atoms with Gasteiger partial charge in [-0.05, 0) is 77.0 Å². The molecular formula is C50H84O14. The molecule has 2 aliphatic rings. The maximum Gasteiger partial charge on any atom is 0.306 e. The molecule has 14 heteroatoms. The van der Waals surface area contributed by atoms with Crippen LogP contribution in [-0.4, -0.2) is 142 Å². The summed E-state index contributed by atoms with van der Waals surface area (Å²) in [6, 6.07) is 0. The Morgan fingerprint density at radius 3 is 1.61 bits per heavy atom. The molecule has 11 atom stereocenters. The number of hydrogen-bond donors (Lipinski definition) is 7. The largest absolute Gasteiger partial charge is 0.457 e. The summed E-state index contributed by atoms with van der Waals surface area (Å²) in [5.74, 6) is -0.402. The van der Waals surface area contributed by atoms with Crippen LogP contribution < -0.4 is 0 Å². The van der Waals surface area contributed by atoms with Gasteiger partial charge in [0.1, 0.15) is 54.9 Å².